The number of nitrogens with zero attached hydrogens (tertiary/aromatic N) is 2. The van der Waals surface area contributed by atoms with Gasteiger partial charge in [0.15, 0.2) is 5.13 Å². The van der Waals surface area contributed by atoms with Gasteiger partial charge in [-0.05, 0) is 31.2 Å². The lowest BCUT2D eigenvalue weighted by atomic mass is 10.1. The number of halogens is 4. The van der Waals surface area contributed by atoms with Crippen LogP contribution in [0.3, 0.4) is 0 Å². The van der Waals surface area contributed by atoms with Crippen molar-refractivity contribution < 1.29 is 18.0 Å². The van der Waals surface area contributed by atoms with Crippen molar-refractivity contribution in [2.24, 2.45) is 0 Å². The Hall–Kier alpha value is -2.24. The molecule has 3 heterocycles. The zero-order valence-electron chi connectivity index (χ0n) is 14.0. The summed E-state index contributed by atoms with van der Waals surface area (Å²) in [5.41, 5.74) is 5.68. The number of fused-ring (bicyclic) bond motifs is 2. The number of carbonyl (C=O) groups excluding carboxylic acids is 1. The Morgan fingerprint density at radius 3 is 2.68 bits per heavy atom. The number of aryl methyl sites for hydroxylation is 1. The lowest BCUT2D eigenvalue weighted by molar-refractivity contribution is -0.136. The molecule has 28 heavy (non-hydrogen) atoms. The number of thiazole rings is 1. The summed E-state index contributed by atoms with van der Waals surface area (Å²) in [7, 11) is 0. The van der Waals surface area contributed by atoms with Gasteiger partial charge < -0.3 is 5.73 Å². The number of anilines is 2. The van der Waals surface area contributed by atoms with Crippen LogP contribution in [0.2, 0.25) is 0 Å². The fourth-order valence-corrected chi connectivity index (χ4v) is 5.00. The fraction of sp³-hybridized carbons (Fsp3) is 0.118. The monoisotopic (exact) mass is 486 g/mol. The zero-order chi connectivity index (χ0) is 20.2. The molecule has 3 N–H and O–H groups in total. The van der Waals surface area contributed by atoms with Crippen LogP contribution < -0.4 is 11.1 Å². The van der Waals surface area contributed by atoms with Crippen molar-refractivity contribution in [3.63, 3.8) is 0 Å². The Balaban J connectivity index is 1.75. The Morgan fingerprint density at radius 1 is 1.21 bits per heavy atom. The van der Waals surface area contributed by atoms with E-state index in [1.165, 1.54) is 18.3 Å². The summed E-state index contributed by atoms with van der Waals surface area (Å²) in [5, 5.41) is 2.70. The third-order valence-electron chi connectivity index (χ3n) is 3.91. The molecule has 0 saturated heterocycles. The molecular weight excluding hydrogens is 477 g/mol. The first-order valence-corrected chi connectivity index (χ1v) is 10.2. The van der Waals surface area contributed by atoms with Crippen LogP contribution in [-0.2, 0) is 6.18 Å². The molecule has 144 valence electrons. The standard InChI is InChI=1S/C17H10BrF3N4OS2/c1-6-4-8(17(19,20)21)11-12(22)13(28-15(11)23-6)14(26)25-16-24-9-5-7(18)2-3-10(9)27-16/h2-5H,22H2,1H3,(H,24,25,26). The molecule has 0 fully saturated rings. The van der Waals surface area contributed by atoms with Gasteiger partial charge in [-0.1, -0.05) is 27.3 Å². The molecule has 3 aromatic heterocycles. The molecule has 0 aliphatic rings. The largest absolute Gasteiger partial charge is 0.417 e. The van der Waals surface area contributed by atoms with Crippen molar-refractivity contribution in [2.75, 3.05) is 11.1 Å². The summed E-state index contributed by atoms with van der Waals surface area (Å²) in [6.07, 6.45) is -4.60. The van der Waals surface area contributed by atoms with E-state index in [4.69, 9.17) is 5.73 Å². The Bertz CT molecular complexity index is 1250. The van der Waals surface area contributed by atoms with E-state index in [1.807, 2.05) is 12.1 Å². The SMILES string of the molecule is Cc1cc(C(F)(F)F)c2c(N)c(C(=O)Nc3nc4cc(Br)ccc4s3)sc2n1. The Labute approximate surface area is 172 Å². The van der Waals surface area contributed by atoms with E-state index in [9.17, 15) is 18.0 Å². The van der Waals surface area contributed by atoms with Crippen LogP contribution in [0.1, 0.15) is 20.9 Å². The van der Waals surface area contributed by atoms with Gasteiger partial charge in [0, 0.05) is 15.6 Å². The second-order valence-electron chi connectivity index (χ2n) is 5.92. The number of hydrogen-bond donors (Lipinski definition) is 2. The van der Waals surface area contributed by atoms with E-state index in [1.54, 1.807) is 6.07 Å². The van der Waals surface area contributed by atoms with Crippen molar-refractivity contribution in [1.82, 2.24) is 9.97 Å². The highest BCUT2D eigenvalue weighted by Gasteiger charge is 2.36. The van der Waals surface area contributed by atoms with Crippen LogP contribution in [0.25, 0.3) is 20.4 Å². The molecule has 5 nitrogen and oxygen atoms in total. The second kappa shape index (κ2) is 6.68. The maximum atomic E-state index is 13.4. The molecule has 0 atom stereocenters. The first kappa shape index (κ1) is 19.1. The van der Waals surface area contributed by atoms with E-state index < -0.39 is 17.6 Å². The fourth-order valence-electron chi connectivity index (χ4n) is 2.74. The van der Waals surface area contributed by atoms with Gasteiger partial charge >= 0.3 is 6.18 Å². The molecule has 1 aromatic carbocycles. The molecule has 0 unspecified atom stereocenters. The minimum Gasteiger partial charge on any atom is -0.397 e. The lowest BCUT2D eigenvalue weighted by Crippen LogP contribution is -2.12. The molecule has 11 heteroatoms. The third-order valence-corrected chi connectivity index (χ3v) is 6.45. The number of pyridine rings is 1. The number of amides is 1. The summed E-state index contributed by atoms with van der Waals surface area (Å²) in [6.45, 7) is 1.46. The van der Waals surface area contributed by atoms with E-state index in [0.29, 0.717) is 10.6 Å². The first-order valence-electron chi connectivity index (χ1n) is 7.78. The van der Waals surface area contributed by atoms with Crippen molar-refractivity contribution in [3.8, 4) is 0 Å². The maximum Gasteiger partial charge on any atom is 0.417 e. The highest BCUT2D eigenvalue weighted by atomic mass is 79.9. The number of alkyl halides is 3. The van der Waals surface area contributed by atoms with Gasteiger partial charge in [0.1, 0.15) is 9.71 Å². The number of thiophene rings is 1. The molecule has 0 radical (unpaired) electrons. The average molecular weight is 487 g/mol. The molecular formula is C17H10BrF3N4OS2. The summed E-state index contributed by atoms with van der Waals surface area (Å²) < 4.78 is 41.9. The maximum absolute atomic E-state index is 13.4. The van der Waals surface area contributed by atoms with Gasteiger partial charge in [-0.15, -0.1) is 11.3 Å². The number of nitrogen functional groups attached to an aromatic ring is 1. The topological polar surface area (TPSA) is 80.9 Å². The third kappa shape index (κ3) is 3.33. The van der Waals surface area contributed by atoms with Crippen LogP contribution in [0.5, 0.6) is 0 Å². The molecule has 0 bridgehead atoms. The normalized spacial score (nSPS) is 12.0. The van der Waals surface area contributed by atoms with Crippen LogP contribution in [-0.4, -0.2) is 15.9 Å². The van der Waals surface area contributed by atoms with Crippen molar-refractivity contribution >= 4 is 75.8 Å². The van der Waals surface area contributed by atoms with Gasteiger partial charge in [-0.3, -0.25) is 10.1 Å². The van der Waals surface area contributed by atoms with Crippen LogP contribution in [0.15, 0.2) is 28.7 Å². The number of rotatable bonds is 2. The summed E-state index contributed by atoms with van der Waals surface area (Å²) >= 11 is 5.43. The highest BCUT2D eigenvalue weighted by Crippen LogP contribution is 2.42. The molecule has 0 aliphatic heterocycles. The van der Waals surface area contributed by atoms with Crippen molar-refractivity contribution in [3.05, 3.63) is 44.9 Å². The number of nitrogens with two attached hydrogens (primary N) is 1. The molecule has 0 saturated carbocycles. The van der Waals surface area contributed by atoms with Crippen LogP contribution in [0, 0.1) is 6.92 Å². The lowest BCUT2D eigenvalue weighted by Gasteiger charge is -2.09. The smallest absolute Gasteiger partial charge is 0.397 e. The number of aromatic nitrogens is 2. The predicted molar refractivity (Wildman–Crippen MR) is 109 cm³/mol. The predicted octanol–water partition coefficient (Wildman–Crippen LogP) is 5.83. The van der Waals surface area contributed by atoms with E-state index >= 15 is 0 Å². The Morgan fingerprint density at radius 2 is 1.96 bits per heavy atom. The minimum atomic E-state index is -4.60. The molecule has 4 rings (SSSR count). The van der Waals surface area contributed by atoms with Gasteiger partial charge in [-0.2, -0.15) is 13.2 Å². The number of benzene rings is 1. The van der Waals surface area contributed by atoms with Crippen molar-refractivity contribution in [1.29, 1.82) is 0 Å². The molecule has 0 aliphatic carbocycles. The van der Waals surface area contributed by atoms with Crippen molar-refractivity contribution in [2.45, 2.75) is 13.1 Å². The van der Waals surface area contributed by atoms with Gasteiger partial charge in [0.2, 0.25) is 0 Å². The van der Waals surface area contributed by atoms with Gasteiger partial charge in [-0.25, -0.2) is 9.97 Å². The van der Waals surface area contributed by atoms with Crippen LogP contribution in [0.4, 0.5) is 24.0 Å². The molecule has 0 spiro atoms. The first-order chi connectivity index (χ1) is 13.1. The zero-order valence-corrected chi connectivity index (χ0v) is 17.2. The van der Waals surface area contributed by atoms with Crippen LogP contribution >= 0.6 is 38.6 Å². The summed E-state index contributed by atoms with van der Waals surface area (Å²) in [5.74, 6) is -0.621. The number of nitrogens with one attached hydrogen (secondary N) is 1. The van der Waals surface area contributed by atoms with E-state index in [2.05, 4.69) is 31.2 Å². The highest BCUT2D eigenvalue weighted by molar-refractivity contribution is 9.10. The van der Waals surface area contributed by atoms with E-state index in [-0.39, 0.29) is 26.5 Å². The Kier molecular flexibility index (Phi) is 4.55. The molecule has 4 aromatic rings. The summed E-state index contributed by atoms with van der Waals surface area (Å²) in [6, 6.07) is 6.43. The quantitative estimate of drug-likeness (QED) is 0.373. The minimum absolute atomic E-state index is 0.0287. The second-order valence-corrected chi connectivity index (χ2v) is 8.86. The van der Waals surface area contributed by atoms with Gasteiger partial charge in [0.25, 0.3) is 5.91 Å². The number of hydrogen-bond acceptors (Lipinski definition) is 6. The average Bonchev–Trinajstić information content (AvgIpc) is 3.13. The number of carbonyl (C=O) groups is 1. The van der Waals surface area contributed by atoms with Gasteiger partial charge in [0.05, 0.1) is 21.5 Å². The summed E-state index contributed by atoms with van der Waals surface area (Å²) in [4.78, 5) is 21.1. The van der Waals surface area contributed by atoms with E-state index in [0.717, 1.165) is 26.6 Å². The molecule has 1 amide bonds.